The number of ether oxygens (including phenoxy) is 1. The SMILES string of the molecule is CC[C@@]1(C)CCC[C@@](C)(COC(C)=O)[C@H]2C=CC(C)(C)[C@H]21. The van der Waals surface area contributed by atoms with Crippen LogP contribution < -0.4 is 0 Å². The van der Waals surface area contributed by atoms with E-state index in [-0.39, 0.29) is 16.8 Å². The normalized spacial score (nSPS) is 41.4. The zero-order chi connectivity index (χ0) is 15.9. The van der Waals surface area contributed by atoms with E-state index < -0.39 is 0 Å². The Morgan fingerprint density at radius 2 is 1.81 bits per heavy atom. The first-order chi connectivity index (χ1) is 9.65. The molecule has 0 aromatic rings. The Hall–Kier alpha value is -0.790. The summed E-state index contributed by atoms with van der Waals surface area (Å²) in [6, 6.07) is 0. The highest BCUT2D eigenvalue weighted by Crippen LogP contribution is 2.61. The van der Waals surface area contributed by atoms with Crippen molar-refractivity contribution in [2.45, 2.75) is 67.2 Å². The quantitative estimate of drug-likeness (QED) is 0.541. The minimum atomic E-state index is -0.156. The summed E-state index contributed by atoms with van der Waals surface area (Å²) in [4.78, 5) is 11.3. The van der Waals surface area contributed by atoms with E-state index in [0.29, 0.717) is 23.9 Å². The largest absolute Gasteiger partial charge is 0.465 e. The van der Waals surface area contributed by atoms with Gasteiger partial charge in [0.05, 0.1) is 6.61 Å². The van der Waals surface area contributed by atoms with Crippen LogP contribution in [-0.4, -0.2) is 12.6 Å². The van der Waals surface area contributed by atoms with Crippen LogP contribution in [0.2, 0.25) is 0 Å². The number of carbonyl (C=O) groups is 1. The number of allylic oxidation sites excluding steroid dienone is 2. The van der Waals surface area contributed by atoms with Crippen LogP contribution in [0, 0.1) is 28.1 Å². The minimum absolute atomic E-state index is 0.0769. The number of carbonyl (C=O) groups excluding carboxylic acids is 1. The van der Waals surface area contributed by atoms with Crippen molar-refractivity contribution >= 4 is 5.97 Å². The van der Waals surface area contributed by atoms with Crippen LogP contribution in [-0.2, 0) is 9.53 Å². The smallest absolute Gasteiger partial charge is 0.302 e. The summed E-state index contributed by atoms with van der Waals surface area (Å²) in [5, 5.41) is 0. The van der Waals surface area contributed by atoms with E-state index in [1.807, 2.05) is 0 Å². The van der Waals surface area contributed by atoms with Gasteiger partial charge in [-0.3, -0.25) is 4.79 Å². The topological polar surface area (TPSA) is 26.3 Å². The molecule has 120 valence electrons. The average molecular weight is 292 g/mol. The van der Waals surface area contributed by atoms with E-state index in [9.17, 15) is 4.79 Å². The van der Waals surface area contributed by atoms with Crippen LogP contribution in [0.3, 0.4) is 0 Å². The summed E-state index contributed by atoms with van der Waals surface area (Å²) < 4.78 is 5.45. The van der Waals surface area contributed by atoms with Gasteiger partial charge in [-0.2, -0.15) is 0 Å². The lowest BCUT2D eigenvalue weighted by molar-refractivity contribution is -0.146. The lowest BCUT2D eigenvalue weighted by atomic mass is 9.57. The summed E-state index contributed by atoms with van der Waals surface area (Å²) in [5.74, 6) is 0.994. The number of fused-ring (bicyclic) bond motifs is 1. The molecule has 0 saturated heterocycles. The van der Waals surface area contributed by atoms with Gasteiger partial charge in [-0.05, 0) is 35.5 Å². The predicted molar refractivity (Wildman–Crippen MR) is 86.9 cm³/mol. The zero-order valence-electron chi connectivity index (χ0n) is 14.7. The molecule has 0 aromatic carbocycles. The van der Waals surface area contributed by atoms with Gasteiger partial charge in [0.15, 0.2) is 0 Å². The highest BCUT2D eigenvalue weighted by atomic mass is 16.5. The molecule has 2 rings (SSSR count). The Labute approximate surface area is 130 Å². The highest BCUT2D eigenvalue weighted by molar-refractivity contribution is 5.65. The lowest BCUT2D eigenvalue weighted by Gasteiger charge is -2.47. The first kappa shape index (κ1) is 16.6. The van der Waals surface area contributed by atoms with Gasteiger partial charge in [-0.25, -0.2) is 0 Å². The van der Waals surface area contributed by atoms with E-state index in [0.717, 1.165) is 6.42 Å². The van der Waals surface area contributed by atoms with Crippen molar-refractivity contribution in [3.05, 3.63) is 12.2 Å². The molecular weight excluding hydrogens is 260 g/mol. The van der Waals surface area contributed by atoms with Crippen molar-refractivity contribution in [1.82, 2.24) is 0 Å². The molecule has 0 radical (unpaired) electrons. The van der Waals surface area contributed by atoms with Crippen molar-refractivity contribution in [3.63, 3.8) is 0 Å². The lowest BCUT2D eigenvalue weighted by Crippen LogP contribution is -2.43. The Balaban J connectivity index is 2.36. The summed E-state index contributed by atoms with van der Waals surface area (Å²) >= 11 is 0. The van der Waals surface area contributed by atoms with Gasteiger partial charge in [-0.1, -0.05) is 59.6 Å². The first-order valence-electron chi connectivity index (χ1n) is 8.47. The van der Waals surface area contributed by atoms with Crippen molar-refractivity contribution < 1.29 is 9.53 Å². The second kappa shape index (κ2) is 5.44. The molecule has 1 fully saturated rings. The van der Waals surface area contributed by atoms with Crippen LogP contribution in [0.15, 0.2) is 12.2 Å². The molecule has 0 aromatic heterocycles. The van der Waals surface area contributed by atoms with Crippen LogP contribution in [0.1, 0.15) is 67.2 Å². The van der Waals surface area contributed by atoms with Gasteiger partial charge in [0.1, 0.15) is 0 Å². The van der Waals surface area contributed by atoms with Gasteiger partial charge in [0.2, 0.25) is 0 Å². The fourth-order valence-corrected chi connectivity index (χ4v) is 5.05. The van der Waals surface area contributed by atoms with Crippen LogP contribution >= 0.6 is 0 Å². The third-order valence-electron chi connectivity index (χ3n) is 6.36. The molecule has 2 nitrogen and oxygen atoms in total. The number of rotatable bonds is 3. The third kappa shape index (κ3) is 2.91. The molecule has 0 spiro atoms. The molecule has 21 heavy (non-hydrogen) atoms. The predicted octanol–water partition coefficient (Wildman–Crippen LogP) is 4.98. The summed E-state index contributed by atoms with van der Waals surface area (Å²) in [6.45, 7) is 13.9. The van der Waals surface area contributed by atoms with Crippen molar-refractivity contribution in [2.75, 3.05) is 6.61 Å². The van der Waals surface area contributed by atoms with Crippen LogP contribution in [0.5, 0.6) is 0 Å². The number of esters is 1. The highest BCUT2D eigenvalue weighted by Gasteiger charge is 2.55. The summed E-state index contributed by atoms with van der Waals surface area (Å²) in [6.07, 6.45) is 9.73. The van der Waals surface area contributed by atoms with E-state index in [4.69, 9.17) is 4.74 Å². The third-order valence-corrected chi connectivity index (χ3v) is 6.36. The molecule has 0 heterocycles. The molecule has 2 aliphatic rings. The molecule has 0 bridgehead atoms. The number of hydrogen-bond acceptors (Lipinski definition) is 2. The van der Waals surface area contributed by atoms with Crippen LogP contribution in [0.25, 0.3) is 0 Å². The number of hydrogen-bond donors (Lipinski definition) is 0. The standard InChI is InChI=1S/C19H32O2/c1-7-18(5)10-8-11-19(6,13-21-14(2)20)15-9-12-17(3,4)16(15)18/h9,12,15-16H,7-8,10-11,13H2,1-6H3/t15-,16-,18-,19-/m0/s1. The summed E-state index contributed by atoms with van der Waals surface area (Å²) in [5.41, 5.74) is 0.691. The van der Waals surface area contributed by atoms with Gasteiger partial charge < -0.3 is 4.74 Å². The Kier molecular flexibility index (Phi) is 4.30. The van der Waals surface area contributed by atoms with Gasteiger partial charge >= 0.3 is 5.97 Å². The first-order valence-corrected chi connectivity index (χ1v) is 8.47. The fraction of sp³-hybridized carbons (Fsp3) is 0.842. The van der Waals surface area contributed by atoms with E-state index >= 15 is 0 Å². The minimum Gasteiger partial charge on any atom is -0.465 e. The maximum atomic E-state index is 11.3. The fourth-order valence-electron chi connectivity index (χ4n) is 5.05. The van der Waals surface area contributed by atoms with Gasteiger partial charge in [0.25, 0.3) is 0 Å². The molecule has 0 aliphatic heterocycles. The monoisotopic (exact) mass is 292 g/mol. The Bertz CT molecular complexity index is 437. The van der Waals surface area contributed by atoms with Crippen molar-refractivity contribution in [2.24, 2.45) is 28.1 Å². The molecule has 0 amide bonds. The maximum Gasteiger partial charge on any atom is 0.302 e. The van der Waals surface area contributed by atoms with Gasteiger partial charge in [0, 0.05) is 12.3 Å². The second-order valence-electron chi connectivity index (χ2n) is 8.48. The molecule has 4 atom stereocenters. The molecule has 2 aliphatic carbocycles. The van der Waals surface area contributed by atoms with E-state index in [2.05, 4.69) is 46.8 Å². The average Bonchev–Trinajstić information content (AvgIpc) is 2.67. The van der Waals surface area contributed by atoms with E-state index in [1.54, 1.807) is 0 Å². The van der Waals surface area contributed by atoms with Gasteiger partial charge in [-0.15, -0.1) is 0 Å². The molecular formula is C19H32O2. The van der Waals surface area contributed by atoms with E-state index in [1.165, 1.54) is 26.2 Å². The molecule has 2 heteroatoms. The second-order valence-corrected chi connectivity index (χ2v) is 8.48. The Morgan fingerprint density at radius 1 is 1.19 bits per heavy atom. The van der Waals surface area contributed by atoms with Crippen LogP contribution in [0.4, 0.5) is 0 Å². The molecule has 0 N–H and O–H groups in total. The zero-order valence-corrected chi connectivity index (χ0v) is 14.7. The molecule has 0 unspecified atom stereocenters. The summed E-state index contributed by atoms with van der Waals surface area (Å²) in [7, 11) is 0. The van der Waals surface area contributed by atoms with Crippen molar-refractivity contribution in [3.8, 4) is 0 Å². The maximum absolute atomic E-state index is 11.3. The van der Waals surface area contributed by atoms with Crippen molar-refractivity contribution in [1.29, 1.82) is 0 Å². The Morgan fingerprint density at radius 3 is 2.38 bits per heavy atom. The molecule has 1 saturated carbocycles.